The standard InChI is InChI=1S/C17H25N3O5S/c1-2-14-5-3-4-8-19(14)16-7-6-15(13-17(16)20(21)22)26(23,24)18-9-11-25-12-10-18/h6-7,13-14H,2-5,8-12H2,1H3/t14-/m1/s1. The molecule has 0 unspecified atom stereocenters. The van der Waals surface area contributed by atoms with E-state index in [1.54, 1.807) is 6.07 Å². The van der Waals surface area contributed by atoms with E-state index < -0.39 is 14.9 Å². The summed E-state index contributed by atoms with van der Waals surface area (Å²) < 4.78 is 32.1. The third-order valence-electron chi connectivity index (χ3n) is 5.16. The number of morpholine rings is 1. The molecule has 0 aliphatic carbocycles. The summed E-state index contributed by atoms with van der Waals surface area (Å²) in [6.07, 6.45) is 4.01. The fourth-order valence-electron chi connectivity index (χ4n) is 3.73. The van der Waals surface area contributed by atoms with Crippen LogP contribution in [0.25, 0.3) is 0 Å². The number of sulfonamides is 1. The third kappa shape index (κ3) is 3.70. The monoisotopic (exact) mass is 383 g/mol. The number of nitro benzene ring substituents is 1. The summed E-state index contributed by atoms with van der Waals surface area (Å²) in [6.45, 7) is 4.04. The molecule has 0 spiro atoms. The molecular formula is C17H25N3O5S. The average Bonchev–Trinajstić information content (AvgIpc) is 2.68. The molecule has 0 amide bonds. The highest BCUT2D eigenvalue weighted by molar-refractivity contribution is 7.89. The Morgan fingerprint density at radius 3 is 2.62 bits per heavy atom. The summed E-state index contributed by atoms with van der Waals surface area (Å²) >= 11 is 0. The van der Waals surface area contributed by atoms with Gasteiger partial charge in [0.2, 0.25) is 10.0 Å². The summed E-state index contributed by atoms with van der Waals surface area (Å²) in [4.78, 5) is 13.2. The lowest BCUT2D eigenvalue weighted by atomic mass is 9.99. The molecule has 2 saturated heterocycles. The number of nitro groups is 1. The smallest absolute Gasteiger partial charge is 0.293 e. The highest BCUT2D eigenvalue weighted by atomic mass is 32.2. The molecule has 3 rings (SSSR count). The van der Waals surface area contributed by atoms with Crippen molar-refractivity contribution in [2.75, 3.05) is 37.7 Å². The van der Waals surface area contributed by atoms with Crippen molar-refractivity contribution in [2.24, 2.45) is 0 Å². The maximum absolute atomic E-state index is 12.8. The van der Waals surface area contributed by atoms with E-state index in [1.807, 2.05) is 0 Å². The fraction of sp³-hybridized carbons (Fsp3) is 0.647. The topological polar surface area (TPSA) is 93.0 Å². The van der Waals surface area contributed by atoms with E-state index >= 15 is 0 Å². The Hall–Kier alpha value is -1.71. The predicted molar refractivity (Wildman–Crippen MR) is 98.0 cm³/mol. The number of hydrogen-bond acceptors (Lipinski definition) is 6. The van der Waals surface area contributed by atoms with Gasteiger partial charge in [-0.1, -0.05) is 6.92 Å². The minimum atomic E-state index is -3.75. The summed E-state index contributed by atoms with van der Waals surface area (Å²) in [5.74, 6) is 0. The quantitative estimate of drug-likeness (QED) is 0.572. The van der Waals surface area contributed by atoms with Crippen molar-refractivity contribution in [1.29, 1.82) is 0 Å². The van der Waals surface area contributed by atoms with Crippen LogP contribution in [-0.2, 0) is 14.8 Å². The van der Waals surface area contributed by atoms with Gasteiger partial charge in [-0.15, -0.1) is 0 Å². The Kier molecular flexibility index (Phi) is 5.79. The number of anilines is 1. The second-order valence-corrected chi connectivity index (χ2v) is 8.61. The molecule has 1 aromatic rings. The van der Waals surface area contributed by atoms with Gasteiger partial charge in [-0.3, -0.25) is 10.1 Å². The van der Waals surface area contributed by atoms with Crippen LogP contribution in [0.1, 0.15) is 32.6 Å². The number of benzene rings is 1. The van der Waals surface area contributed by atoms with Crippen molar-refractivity contribution < 1.29 is 18.1 Å². The van der Waals surface area contributed by atoms with Crippen molar-refractivity contribution in [3.8, 4) is 0 Å². The molecule has 0 saturated carbocycles. The first-order valence-electron chi connectivity index (χ1n) is 9.08. The van der Waals surface area contributed by atoms with Gasteiger partial charge in [-0.05, 0) is 37.8 Å². The van der Waals surface area contributed by atoms with Crippen molar-refractivity contribution in [3.05, 3.63) is 28.3 Å². The maximum Gasteiger partial charge on any atom is 0.293 e. The van der Waals surface area contributed by atoms with Crippen LogP contribution in [0.2, 0.25) is 0 Å². The van der Waals surface area contributed by atoms with Crippen molar-refractivity contribution in [2.45, 2.75) is 43.5 Å². The second-order valence-electron chi connectivity index (χ2n) is 6.68. The third-order valence-corrected chi connectivity index (χ3v) is 7.05. The van der Waals surface area contributed by atoms with Crippen LogP contribution in [0.5, 0.6) is 0 Å². The van der Waals surface area contributed by atoms with Gasteiger partial charge in [0.25, 0.3) is 5.69 Å². The van der Waals surface area contributed by atoms with Crippen LogP contribution in [0.4, 0.5) is 11.4 Å². The Morgan fingerprint density at radius 1 is 1.23 bits per heavy atom. The lowest BCUT2D eigenvalue weighted by Crippen LogP contribution is -2.41. The first-order valence-corrected chi connectivity index (χ1v) is 10.5. The molecule has 0 radical (unpaired) electrons. The molecule has 144 valence electrons. The molecule has 1 aromatic carbocycles. The summed E-state index contributed by atoms with van der Waals surface area (Å²) in [5.41, 5.74) is 0.377. The Labute approximate surface area is 153 Å². The normalized spacial score (nSPS) is 22.3. The summed E-state index contributed by atoms with van der Waals surface area (Å²) in [6, 6.07) is 4.55. The molecule has 9 heteroatoms. The van der Waals surface area contributed by atoms with E-state index in [1.165, 1.54) is 16.4 Å². The molecule has 8 nitrogen and oxygen atoms in total. The summed E-state index contributed by atoms with van der Waals surface area (Å²) in [7, 11) is -3.75. The zero-order valence-corrected chi connectivity index (χ0v) is 15.8. The van der Waals surface area contributed by atoms with Crippen LogP contribution in [0.15, 0.2) is 23.1 Å². The molecule has 2 fully saturated rings. The molecule has 2 aliphatic heterocycles. The SMILES string of the molecule is CC[C@@H]1CCCCN1c1ccc(S(=O)(=O)N2CCOCC2)cc1[N+](=O)[O-]. The van der Waals surface area contributed by atoms with Gasteiger partial charge in [0.05, 0.1) is 23.0 Å². The zero-order valence-electron chi connectivity index (χ0n) is 15.0. The molecule has 0 bridgehead atoms. The molecule has 2 heterocycles. The van der Waals surface area contributed by atoms with E-state index in [-0.39, 0.29) is 29.7 Å². The number of hydrogen-bond donors (Lipinski definition) is 0. The Morgan fingerprint density at radius 2 is 1.96 bits per heavy atom. The number of ether oxygens (including phenoxy) is 1. The van der Waals surface area contributed by atoms with Gasteiger partial charge in [0.1, 0.15) is 5.69 Å². The molecule has 2 aliphatic rings. The lowest BCUT2D eigenvalue weighted by Gasteiger charge is -2.36. The van der Waals surface area contributed by atoms with E-state index in [0.29, 0.717) is 18.9 Å². The van der Waals surface area contributed by atoms with Crippen LogP contribution in [-0.4, -0.2) is 56.5 Å². The number of rotatable bonds is 5. The molecule has 0 N–H and O–H groups in total. The van der Waals surface area contributed by atoms with E-state index in [0.717, 1.165) is 32.2 Å². The van der Waals surface area contributed by atoms with Gasteiger partial charge >= 0.3 is 0 Å². The van der Waals surface area contributed by atoms with E-state index in [4.69, 9.17) is 4.74 Å². The minimum Gasteiger partial charge on any atom is -0.379 e. The van der Waals surface area contributed by atoms with Crippen LogP contribution in [0, 0.1) is 10.1 Å². The van der Waals surface area contributed by atoms with E-state index in [9.17, 15) is 18.5 Å². The highest BCUT2D eigenvalue weighted by Crippen LogP contribution is 2.36. The first-order chi connectivity index (χ1) is 12.4. The van der Waals surface area contributed by atoms with Crippen LogP contribution < -0.4 is 4.90 Å². The van der Waals surface area contributed by atoms with Gasteiger partial charge in [0, 0.05) is 31.7 Å². The van der Waals surface area contributed by atoms with Gasteiger partial charge < -0.3 is 9.64 Å². The molecular weight excluding hydrogens is 358 g/mol. The number of piperidine rings is 1. The average molecular weight is 383 g/mol. The van der Waals surface area contributed by atoms with Crippen molar-refractivity contribution in [1.82, 2.24) is 4.31 Å². The molecule has 1 atom stereocenters. The largest absolute Gasteiger partial charge is 0.379 e. The van der Waals surface area contributed by atoms with Crippen LogP contribution >= 0.6 is 0 Å². The van der Waals surface area contributed by atoms with E-state index in [2.05, 4.69) is 11.8 Å². The molecule has 26 heavy (non-hydrogen) atoms. The van der Waals surface area contributed by atoms with Gasteiger partial charge in [-0.25, -0.2) is 8.42 Å². The lowest BCUT2D eigenvalue weighted by molar-refractivity contribution is -0.384. The Bertz CT molecular complexity index is 762. The summed E-state index contributed by atoms with van der Waals surface area (Å²) in [5, 5.41) is 11.7. The zero-order chi connectivity index (χ0) is 18.7. The fourth-order valence-corrected chi connectivity index (χ4v) is 5.16. The van der Waals surface area contributed by atoms with Gasteiger partial charge in [0.15, 0.2) is 0 Å². The first kappa shape index (κ1) is 19.1. The maximum atomic E-state index is 12.8. The van der Waals surface area contributed by atoms with Crippen LogP contribution in [0.3, 0.4) is 0 Å². The Balaban J connectivity index is 1.98. The highest BCUT2D eigenvalue weighted by Gasteiger charge is 2.31. The minimum absolute atomic E-state index is 0.0279. The second kappa shape index (κ2) is 7.89. The van der Waals surface area contributed by atoms with Gasteiger partial charge in [-0.2, -0.15) is 4.31 Å². The van der Waals surface area contributed by atoms with Crippen molar-refractivity contribution in [3.63, 3.8) is 0 Å². The predicted octanol–water partition coefficient (Wildman–Crippen LogP) is 2.38. The molecule has 0 aromatic heterocycles. The number of nitrogens with zero attached hydrogens (tertiary/aromatic N) is 3. The van der Waals surface area contributed by atoms with Crippen molar-refractivity contribution >= 4 is 21.4 Å².